The second kappa shape index (κ2) is 7.72. The molecule has 0 saturated heterocycles. The summed E-state index contributed by atoms with van der Waals surface area (Å²) in [6.07, 6.45) is 0. The van der Waals surface area contributed by atoms with Crippen LogP contribution < -0.4 is 0 Å². The van der Waals surface area contributed by atoms with Crippen molar-refractivity contribution in [2.75, 3.05) is 13.2 Å². The quantitative estimate of drug-likeness (QED) is 0.555. The fourth-order valence-electron chi connectivity index (χ4n) is 1.68. The third kappa shape index (κ3) is 3.79. The summed E-state index contributed by atoms with van der Waals surface area (Å²) in [6.45, 7) is 4.18. The highest BCUT2D eigenvalue weighted by molar-refractivity contribution is 9.11. The Kier molecular flexibility index (Phi) is 6.19. The van der Waals surface area contributed by atoms with Gasteiger partial charge in [-0.2, -0.15) is 0 Å². The van der Waals surface area contributed by atoms with Crippen LogP contribution in [0.2, 0.25) is 0 Å². The minimum absolute atomic E-state index is 0.327. The molecule has 2 aromatic rings. The maximum atomic E-state index is 11.9. The molecule has 0 spiro atoms. The Balaban J connectivity index is 2.33. The molecule has 0 atom stereocenters. The highest BCUT2D eigenvalue weighted by atomic mass is 79.9. The van der Waals surface area contributed by atoms with E-state index in [1.54, 1.807) is 26.0 Å². The smallest absolute Gasteiger partial charge is 0.340 e. The number of ether oxygens (including phenoxy) is 2. The van der Waals surface area contributed by atoms with Crippen molar-refractivity contribution in [3.63, 3.8) is 0 Å². The van der Waals surface area contributed by atoms with E-state index in [0.29, 0.717) is 31.9 Å². The minimum Gasteiger partial charge on any atom is -0.462 e. The van der Waals surface area contributed by atoms with Crippen molar-refractivity contribution in [1.29, 1.82) is 0 Å². The molecule has 8 heteroatoms. The molecule has 4 nitrogen and oxygen atoms in total. The Labute approximate surface area is 152 Å². The highest BCUT2D eigenvalue weighted by Crippen LogP contribution is 2.41. The Morgan fingerprint density at radius 2 is 1.27 bits per heavy atom. The Morgan fingerprint density at radius 1 is 0.909 bits per heavy atom. The molecule has 0 saturated carbocycles. The van der Waals surface area contributed by atoms with Crippen molar-refractivity contribution >= 4 is 66.5 Å². The van der Waals surface area contributed by atoms with E-state index in [9.17, 15) is 9.59 Å². The molecular weight excluding hydrogens is 456 g/mol. The van der Waals surface area contributed by atoms with E-state index in [-0.39, 0.29) is 11.9 Å². The summed E-state index contributed by atoms with van der Waals surface area (Å²) in [5.41, 5.74) is 0.980. The van der Waals surface area contributed by atoms with Crippen molar-refractivity contribution in [2.45, 2.75) is 13.8 Å². The van der Waals surface area contributed by atoms with Crippen molar-refractivity contribution < 1.29 is 19.1 Å². The Bertz CT molecular complexity index is 646. The lowest BCUT2D eigenvalue weighted by Gasteiger charge is -1.98. The van der Waals surface area contributed by atoms with E-state index >= 15 is 0 Å². The molecule has 2 aromatic heterocycles. The molecule has 0 aliphatic carbocycles. The number of carbonyl (C=O) groups is 2. The largest absolute Gasteiger partial charge is 0.462 e. The lowest BCUT2D eigenvalue weighted by Crippen LogP contribution is -2.03. The lowest BCUT2D eigenvalue weighted by atomic mass is 10.2. The van der Waals surface area contributed by atoms with Gasteiger partial charge >= 0.3 is 11.9 Å². The van der Waals surface area contributed by atoms with Crippen LogP contribution in [0, 0.1) is 0 Å². The molecule has 0 N–H and O–H groups in total. The number of hydrogen-bond acceptors (Lipinski definition) is 6. The number of hydrogen-bond donors (Lipinski definition) is 0. The summed E-state index contributed by atoms with van der Waals surface area (Å²) in [5.74, 6) is -0.726. The number of halogens is 2. The van der Waals surface area contributed by atoms with Gasteiger partial charge in [0.15, 0.2) is 0 Å². The van der Waals surface area contributed by atoms with E-state index in [2.05, 4.69) is 31.9 Å². The lowest BCUT2D eigenvalue weighted by molar-refractivity contribution is 0.0516. The molecule has 118 valence electrons. The minimum atomic E-state index is -0.363. The summed E-state index contributed by atoms with van der Waals surface area (Å²) in [4.78, 5) is 25.5. The van der Waals surface area contributed by atoms with Crippen molar-refractivity contribution in [2.24, 2.45) is 0 Å². The summed E-state index contributed by atoms with van der Waals surface area (Å²) in [7, 11) is 0. The van der Waals surface area contributed by atoms with Crippen LogP contribution in [0.4, 0.5) is 0 Å². The van der Waals surface area contributed by atoms with Crippen LogP contribution in [0.1, 0.15) is 34.6 Å². The second-order valence-corrected chi connectivity index (χ2v) is 8.78. The van der Waals surface area contributed by atoms with Gasteiger partial charge in [0.25, 0.3) is 0 Å². The van der Waals surface area contributed by atoms with Crippen LogP contribution in [0.15, 0.2) is 19.7 Å². The zero-order valence-electron chi connectivity index (χ0n) is 11.8. The molecule has 0 fully saturated rings. The average molecular weight is 468 g/mol. The standard InChI is InChI=1S/C14H12Br2O4S2/c1-3-19-13(17)7-5-9(21-11(7)15)10-6-8(12(16)22-10)14(18)20-4-2/h5-6H,3-4H2,1-2H3. The van der Waals surface area contributed by atoms with Gasteiger partial charge < -0.3 is 9.47 Å². The number of esters is 2. The first-order chi connectivity index (χ1) is 10.5. The average Bonchev–Trinajstić information content (AvgIpc) is 3.02. The van der Waals surface area contributed by atoms with Crippen LogP contribution in [-0.4, -0.2) is 25.2 Å². The second-order valence-electron chi connectivity index (χ2n) is 4.04. The third-order valence-corrected chi connectivity index (χ3v) is 6.48. The number of rotatable bonds is 5. The summed E-state index contributed by atoms with van der Waals surface area (Å²) >= 11 is 9.61. The van der Waals surface area contributed by atoms with Gasteiger partial charge in [0.05, 0.1) is 31.9 Å². The third-order valence-electron chi connectivity index (χ3n) is 2.61. The zero-order chi connectivity index (χ0) is 16.3. The van der Waals surface area contributed by atoms with Crippen LogP contribution in [-0.2, 0) is 9.47 Å². The van der Waals surface area contributed by atoms with Gasteiger partial charge in [-0.15, -0.1) is 22.7 Å². The van der Waals surface area contributed by atoms with Gasteiger partial charge in [-0.1, -0.05) is 0 Å². The van der Waals surface area contributed by atoms with Crippen molar-refractivity contribution in [3.05, 3.63) is 30.8 Å². The zero-order valence-corrected chi connectivity index (χ0v) is 16.6. The first-order valence-electron chi connectivity index (χ1n) is 6.41. The molecular formula is C14H12Br2O4S2. The van der Waals surface area contributed by atoms with Crippen LogP contribution in [0.3, 0.4) is 0 Å². The normalized spacial score (nSPS) is 10.5. The van der Waals surface area contributed by atoms with E-state index in [1.165, 1.54) is 22.7 Å². The number of carbonyl (C=O) groups excluding carboxylic acids is 2. The summed E-state index contributed by atoms with van der Waals surface area (Å²) < 4.78 is 11.5. The van der Waals surface area contributed by atoms with Gasteiger partial charge in [0.2, 0.25) is 0 Å². The SMILES string of the molecule is CCOC(=O)c1cc(-c2cc(C(=O)OCC)c(Br)s2)sc1Br. The Morgan fingerprint density at radius 3 is 1.59 bits per heavy atom. The maximum absolute atomic E-state index is 11.9. The van der Waals surface area contributed by atoms with E-state index in [0.717, 1.165) is 9.75 Å². The van der Waals surface area contributed by atoms with Gasteiger partial charge in [0, 0.05) is 9.75 Å². The Hall–Kier alpha value is -0.700. The molecule has 0 amide bonds. The van der Waals surface area contributed by atoms with E-state index in [1.807, 2.05) is 0 Å². The van der Waals surface area contributed by atoms with Crippen molar-refractivity contribution in [3.8, 4) is 9.75 Å². The maximum Gasteiger partial charge on any atom is 0.340 e. The number of thiophene rings is 2. The monoisotopic (exact) mass is 466 g/mol. The molecule has 0 aromatic carbocycles. The predicted molar refractivity (Wildman–Crippen MR) is 94.9 cm³/mol. The summed E-state index contributed by atoms with van der Waals surface area (Å²) in [5, 5.41) is 0. The fraction of sp³-hybridized carbons (Fsp3) is 0.286. The molecule has 0 bridgehead atoms. The van der Waals surface area contributed by atoms with Crippen LogP contribution in [0.5, 0.6) is 0 Å². The van der Waals surface area contributed by atoms with Crippen LogP contribution >= 0.6 is 54.5 Å². The van der Waals surface area contributed by atoms with Gasteiger partial charge in [-0.05, 0) is 57.8 Å². The molecule has 0 radical (unpaired) electrons. The van der Waals surface area contributed by atoms with Gasteiger partial charge in [-0.25, -0.2) is 9.59 Å². The molecule has 0 aliphatic rings. The first-order valence-corrected chi connectivity index (χ1v) is 9.63. The first kappa shape index (κ1) is 17.7. The predicted octanol–water partition coefficient (Wildman–Crippen LogP) is 5.36. The fourth-order valence-corrected chi connectivity index (χ4v) is 5.09. The molecule has 2 rings (SSSR count). The highest BCUT2D eigenvalue weighted by Gasteiger charge is 2.20. The van der Waals surface area contributed by atoms with Crippen molar-refractivity contribution in [1.82, 2.24) is 0 Å². The molecule has 2 heterocycles. The van der Waals surface area contributed by atoms with E-state index in [4.69, 9.17) is 9.47 Å². The van der Waals surface area contributed by atoms with Gasteiger partial charge in [-0.3, -0.25) is 0 Å². The van der Waals surface area contributed by atoms with E-state index < -0.39 is 0 Å². The molecule has 0 unspecified atom stereocenters. The topological polar surface area (TPSA) is 52.6 Å². The molecule has 0 aliphatic heterocycles. The molecule has 22 heavy (non-hydrogen) atoms. The summed E-state index contributed by atoms with van der Waals surface area (Å²) in [6, 6.07) is 3.53. The van der Waals surface area contributed by atoms with Crippen LogP contribution in [0.25, 0.3) is 9.75 Å². The van der Waals surface area contributed by atoms with Gasteiger partial charge in [0.1, 0.15) is 0 Å².